The molecule has 34 heavy (non-hydrogen) atoms. The lowest BCUT2D eigenvalue weighted by Gasteiger charge is -2.27. The molecule has 1 N–H and O–H groups in total. The monoisotopic (exact) mass is 455 g/mol. The van der Waals surface area contributed by atoms with Crippen molar-refractivity contribution < 1.29 is 14.3 Å². The number of aromatic nitrogens is 2. The van der Waals surface area contributed by atoms with Crippen molar-refractivity contribution in [2.24, 2.45) is 0 Å². The Kier molecular flexibility index (Phi) is 5.86. The molecule has 0 radical (unpaired) electrons. The van der Waals surface area contributed by atoms with Crippen LogP contribution in [-0.2, 0) is 22.5 Å². The van der Waals surface area contributed by atoms with Gasteiger partial charge in [-0.3, -0.25) is 14.3 Å². The number of amides is 2. The second-order valence-corrected chi connectivity index (χ2v) is 8.65. The Hall–Kier alpha value is -3.96. The molecular weight excluding hydrogens is 430 g/mol. The molecule has 172 valence electrons. The van der Waals surface area contributed by atoms with Crippen LogP contribution in [-0.4, -0.2) is 46.3 Å². The third-order valence-electron chi connectivity index (χ3n) is 6.45. The van der Waals surface area contributed by atoms with Gasteiger partial charge in [0, 0.05) is 61.1 Å². The zero-order valence-corrected chi connectivity index (χ0v) is 19.0. The van der Waals surface area contributed by atoms with Crippen LogP contribution in [0.25, 0.3) is 11.3 Å². The topological polar surface area (TPSA) is 100 Å². The molecule has 0 aliphatic carbocycles. The molecule has 1 aromatic heterocycles. The summed E-state index contributed by atoms with van der Waals surface area (Å²) in [5, 5.41) is 16.8. The van der Waals surface area contributed by atoms with Gasteiger partial charge in [-0.1, -0.05) is 12.1 Å². The molecule has 8 nitrogen and oxygen atoms in total. The van der Waals surface area contributed by atoms with Gasteiger partial charge < -0.3 is 15.0 Å². The van der Waals surface area contributed by atoms with Crippen LogP contribution in [0, 0.1) is 11.3 Å². The Morgan fingerprint density at radius 1 is 1.21 bits per heavy atom. The molecule has 5 rings (SSSR count). The normalized spacial score (nSPS) is 17.2. The molecular formula is C26H25N5O3. The largest absolute Gasteiger partial charge is 0.379 e. The van der Waals surface area contributed by atoms with E-state index < -0.39 is 0 Å². The molecule has 2 aliphatic heterocycles. The fourth-order valence-corrected chi connectivity index (χ4v) is 4.60. The van der Waals surface area contributed by atoms with E-state index in [1.54, 1.807) is 37.3 Å². The van der Waals surface area contributed by atoms with E-state index in [9.17, 15) is 9.59 Å². The Morgan fingerprint density at radius 3 is 2.74 bits per heavy atom. The van der Waals surface area contributed by atoms with Gasteiger partial charge in [-0.2, -0.15) is 10.4 Å². The van der Waals surface area contributed by atoms with Gasteiger partial charge in [0.2, 0.25) is 5.91 Å². The Morgan fingerprint density at radius 2 is 2.03 bits per heavy atom. The van der Waals surface area contributed by atoms with Gasteiger partial charge in [-0.15, -0.1) is 0 Å². The van der Waals surface area contributed by atoms with Gasteiger partial charge in [-0.25, -0.2) is 0 Å². The lowest BCUT2D eigenvalue weighted by Crippen LogP contribution is -2.35. The fourth-order valence-electron chi connectivity index (χ4n) is 4.60. The third-order valence-corrected chi connectivity index (χ3v) is 6.45. The van der Waals surface area contributed by atoms with Crippen molar-refractivity contribution in [2.45, 2.75) is 32.4 Å². The van der Waals surface area contributed by atoms with Gasteiger partial charge in [0.25, 0.3) is 5.91 Å². The number of anilines is 1. The van der Waals surface area contributed by atoms with E-state index in [4.69, 9.17) is 15.1 Å². The lowest BCUT2D eigenvalue weighted by molar-refractivity contribution is -0.129. The summed E-state index contributed by atoms with van der Waals surface area (Å²) in [5.41, 5.74) is 5.50. The van der Waals surface area contributed by atoms with Crippen LogP contribution in [0.15, 0.2) is 48.5 Å². The summed E-state index contributed by atoms with van der Waals surface area (Å²) < 4.78 is 7.68. The molecule has 1 unspecified atom stereocenters. The molecule has 0 bridgehead atoms. The Bertz CT molecular complexity index is 1280. The summed E-state index contributed by atoms with van der Waals surface area (Å²) in [5.74, 6) is -0.196. The number of carbonyl (C=O) groups excluding carboxylic acids is 2. The van der Waals surface area contributed by atoms with E-state index in [0.717, 1.165) is 42.0 Å². The summed E-state index contributed by atoms with van der Waals surface area (Å²) >= 11 is 0. The van der Waals surface area contributed by atoms with Crippen molar-refractivity contribution in [3.8, 4) is 17.3 Å². The zero-order valence-electron chi connectivity index (χ0n) is 19.0. The molecule has 2 amide bonds. The summed E-state index contributed by atoms with van der Waals surface area (Å²) in [7, 11) is 0. The van der Waals surface area contributed by atoms with Crippen LogP contribution in [0.5, 0.6) is 0 Å². The highest BCUT2D eigenvalue weighted by Crippen LogP contribution is 2.34. The van der Waals surface area contributed by atoms with E-state index in [1.165, 1.54) is 0 Å². The highest BCUT2D eigenvalue weighted by molar-refractivity contribution is 6.05. The van der Waals surface area contributed by atoms with Crippen LogP contribution in [0.2, 0.25) is 0 Å². The SMILES string of the molecule is CC(=O)N1CCc2c(c(-c3cccc(C(=O)Nc4ccc(C#N)cc4)c3)nn2C2CCOC2)C1. The number of rotatable bonds is 4. The summed E-state index contributed by atoms with van der Waals surface area (Å²) in [6.07, 6.45) is 1.66. The molecule has 3 aromatic rings. The van der Waals surface area contributed by atoms with Crippen LogP contribution in [0.1, 0.15) is 46.6 Å². The first-order valence-electron chi connectivity index (χ1n) is 11.4. The van der Waals surface area contributed by atoms with Gasteiger partial charge in [0.1, 0.15) is 0 Å². The average Bonchev–Trinajstić information content (AvgIpc) is 3.52. The summed E-state index contributed by atoms with van der Waals surface area (Å²) in [6.45, 7) is 4.13. The number of benzene rings is 2. The van der Waals surface area contributed by atoms with Gasteiger partial charge in [0.05, 0.1) is 30.0 Å². The molecule has 1 fully saturated rings. The summed E-state index contributed by atoms with van der Waals surface area (Å²) in [4.78, 5) is 26.8. The van der Waals surface area contributed by atoms with Gasteiger partial charge in [0.15, 0.2) is 0 Å². The summed E-state index contributed by atoms with van der Waals surface area (Å²) in [6, 6.07) is 16.4. The minimum absolute atomic E-state index is 0.0455. The minimum Gasteiger partial charge on any atom is -0.379 e. The molecule has 0 spiro atoms. The van der Waals surface area contributed by atoms with Crippen LogP contribution < -0.4 is 5.32 Å². The smallest absolute Gasteiger partial charge is 0.255 e. The maximum atomic E-state index is 12.9. The first-order valence-corrected chi connectivity index (χ1v) is 11.4. The van der Waals surface area contributed by atoms with E-state index in [1.807, 2.05) is 23.1 Å². The maximum Gasteiger partial charge on any atom is 0.255 e. The molecule has 2 aliphatic rings. The highest BCUT2D eigenvalue weighted by Gasteiger charge is 2.30. The second-order valence-electron chi connectivity index (χ2n) is 8.65. The van der Waals surface area contributed by atoms with Crippen molar-refractivity contribution in [3.63, 3.8) is 0 Å². The predicted octanol–water partition coefficient (Wildman–Crippen LogP) is 3.54. The molecule has 1 saturated heterocycles. The lowest BCUT2D eigenvalue weighted by atomic mass is 9.99. The van der Waals surface area contributed by atoms with Gasteiger partial charge in [-0.05, 0) is 42.8 Å². The van der Waals surface area contributed by atoms with Crippen molar-refractivity contribution in [2.75, 3.05) is 25.1 Å². The number of nitrogens with one attached hydrogen (secondary N) is 1. The van der Waals surface area contributed by atoms with Crippen molar-refractivity contribution >= 4 is 17.5 Å². The van der Waals surface area contributed by atoms with E-state index in [2.05, 4.69) is 16.1 Å². The number of fused-ring (bicyclic) bond motifs is 1. The standard InChI is InChI=1S/C26H25N5O3/c1-17(32)30-11-9-24-23(15-30)25(29-31(24)22-10-12-34-16-22)19-3-2-4-20(13-19)26(33)28-21-7-5-18(14-27)6-8-21/h2-8,13,22H,9-12,15-16H2,1H3,(H,28,33). The van der Waals surface area contributed by atoms with Crippen molar-refractivity contribution in [1.29, 1.82) is 5.26 Å². The first kappa shape index (κ1) is 21.9. The Labute approximate surface area is 197 Å². The molecule has 3 heterocycles. The fraction of sp³-hybridized carbons (Fsp3) is 0.308. The predicted molar refractivity (Wildman–Crippen MR) is 126 cm³/mol. The quantitative estimate of drug-likeness (QED) is 0.649. The molecule has 0 saturated carbocycles. The second kappa shape index (κ2) is 9.12. The highest BCUT2D eigenvalue weighted by atomic mass is 16.5. The number of nitrogens with zero attached hydrogens (tertiary/aromatic N) is 4. The van der Waals surface area contributed by atoms with Crippen LogP contribution in [0.4, 0.5) is 5.69 Å². The minimum atomic E-state index is -0.241. The first-order chi connectivity index (χ1) is 16.5. The molecule has 2 aromatic carbocycles. The molecule has 8 heteroatoms. The van der Waals surface area contributed by atoms with E-state index in [0.29, 0.717) is 36.5 Å². The van der Waals surface area contributed by atoms with Crippen LogP contribution >= 0.6 is 0 Å². The average molecular weight is 456 g/mol. The van der Waals surface area contributed by atoms with Gasteiger partial charge >= 0.3 is 0 Å². The third kappa shape index (κ3) is 4.18. The number of carbonyl (C=O) groups is 2. The van der Waals surface area contributed by atoms with Crippen molar-refractivity contribution in [3.05, 3.63) is 70.9 Å². The number of hydrogen-bond donors (Lipinski definition) is 1. The Balaban J connectivity index is 1.47. The zero-order chi connectivity index (χ0) is 23.7. The number of ether oxygens (including phenoxy) is 1. The van der Waals surface area contributed by atoms with E-state index >= 15 is 0 Å². The maximum absolute atomic E-state index is 12.9. The number of nitriles is 1. The molecule has 1 atom stereocenters. The van der Waals surface area contributed by atoms with E-state index in [-0.39, 0.29) is 17.9 Å². The van der Waals surface area contributed by atoms with Crippen LogP contribution in [0.3, 0.4) is 0 Å². The van der Waals surface area contributed by atoms with Crippen molar-refractivity contribution in [1.82, 2.24) is 14.7 Å². The number of hydrogen-bond acceptors (Lipinski definition) is 5.